The Morgan fingerprint density at radius 3 is 2.50 bits per heavy atom. The first kappa shape index (κ1) is 11.1. The standard InChI is InChI=1S/C8H11N3.ClH/c1-11(2)8-6-4-3-5-7(8)10-9;/h3-6,8H,1-2H3;1H. The van der Waals surface area contributed by atoms with Crippen molar-refractivity contribution in [1.29, 1.82) is 0 Å². The molecule has 0 bridgehead atoms. The van der Waals surface area contributed by atoms with E-state index in [2.05, 4.69) is 4.79 Å². The molecule has 1 aliphatic rings. The molecule has 1 unspecified atom stereocenters. The summed E-state index contributed by atoms with van der Waals surface area (Å²) in [6, 6.07) is 0.102. The molecule has 0 heterocycles. The SMILES string of the molecule is CN(C)C1C=CC=CC1=[N+]=[N-].Cl. The molecule has 0 fully saturated rings. The fourth-order valence-corrected chi connectivity index (χ4v) is 1.05. The summed E-state index contributed by atoms with van der Waals surface area (Å²) in [5.74, 6) is 0. The third-order valence-electron chi connectivity index (χ3n) is 1.65. The summed E-state index contributed by atoms with van der Waals surface area (Å²) < 4.78 is 0. The van der Waals surface area contributed by atoms with E-state index in [1.54, 1.807) is 6.08 Å². The molecule has 0 radical (unpaired) electrons. The van der Waals surface area contributed by atoms with Gasteiger partial charge in [-0.3, -0.25) is 4.90 Å². The van der Waals surface area contributed by atoms with Gasteiger partial charge in [0.25, 0.3) is 0 Å². The average Bonchev–Trinajstić information content (AvgIpc) is 2.04. The van der Waals surface area contributed by atoms with Crippen LogP contribution in [0.15, 0.2) is 24.3 Å². The summed E-state index contributed by atoms with van der Waals surface area (Å²) in [4.78, 5) is 5.17. The Kier molecular flexibility index (Phi) is 4.52. The van der Waals surface area contributed by atoms with Crippen molar-refractivity contribution in [2.45, 2.75) is 6.04 Å². The zero-order valence-corrected chi connectivity index (χ0v) is 7.95. The van der Waals surface area contributed by atoms with E-state index in [9.17, 15) is 0 Å². The zero-order valence-electron chi connectivity index (χ0n) is 7.14. The Hall–Kier alpha value is -0.890. The second kappa shape index (κ2) is 4.88. The van der Waals surface area contributed by atoms with Crippen LogP contribution in [-0.2, 0) is 0 Å². The highest BCUT2D eigenvalue weighted by atomic mass is 35.5. The van der Waals surface area contributed by atoms with Crippen molar-refractivity contribution >= 4 is 18.1 Å². The lowest BCUT2D eigenvalue weighted by Gasteiger charge is -2.16. The van der Waals surface area contributed by atoms with Gasteiger partial charge >= 0.3 is 5.71 Å². The summed E-state index contributed by atoms with van der Waals surface area (Å²) in [5, 5.41) is 0. The lowest BCUT2D eigenvalue weighted by Crippen LogP contribution is -2.34. The highest BCUT2D eigenvalue weighted by Gasteiger charge is 2.21. The molecule has 3 nitrogen and oxygen atoms in total. The maximum atomic E-state index is 8.59. The number of rotatable bonds is 1. The molecule has 0 N–H and O–H groups in total. The minimum absolute atomic E-state index is 0. The predicted octanol–water partition coefficient (Wildman–Crippen LogP) is 1.14. The fourth-order valence-electron chi connectivity index (χ4n) is 1.05. The fraction of sp³-hybridized carbons (Fsp3) is 0.375. The molecule has 66 valence electrons. The first-order valence-electron chi connectivity index (χ1n) is 3.49. The number of hydrogen-bond donors (Lipinski definition) is 0. The summed E-state index contributed by atoms with van der Waals surface area (Å²) in [6.45, 7) is 0. The molecule has 1 atom stereocenters. The van der Waals surface area contributed by atoms with E-state index in [-0.39, 0.29) is 18.4 Å². The van der Waals surface area contributed by atoms with E-state index < -0.39 is 0 Å². The van der Waals surface area contributed by atoms with Gasteiger partial charge in [-0.1, -0.05) is 18.2 Å². The number of allylic oxidation sites excluding steroid dienone is 2. The number of likely N-dealkylation sites (N-methyl/N-ethyl adjacent to an activating group) is 1. The lowest BCUT2D eigenvalue weighted by molar-refractivity contribution is -0.0105. The second-order valence-corrected chi connectivity index (χ2v) is 2.68. The monoisotopic (exact) mass is 185 g/mol. The van der Waals surface area contributed by atoms with E-state index >= 15 is 0 Å². The normalized spacial score (nSPS) is 20.6. The molecule has 0 amide bonds. The van der Waals surface area contributed by atoms with Gasteiger partial charge in [0.05, 0.1) is 0 Å². The van der Waals surface area contributed by atoms with Gasteiger partial charge in [0, 0.05) is 6.08 Å². The van der Waals surface area contributed by atoms with Crippen LogP contribution in [0.25, 0.3) is 5.53 Å². The van der Waals surface area contributed by atoms with Crippen LogP contribution in [-0.4, -0.2) is 35.5 Å². The van der Waals surface area contributed by atoms with Gasteiger partial charge in [0.2, 0.25) is 0 Å². The highest BCUT2D eigenvalue weighted by molar-refractivity contribution is 5.97. The largest absolute Gasteiger partial charge is 0.361 e. The van der Waals surface area contributed by atoms with Crippen molar-refractivity contribution < 1.29 is 4.79 Å². The van der Waals surface area contributed by atoms with Gasteiger partial charge in [-0.25, -0.2) is 0 Å². The van der Waals surface area contributed by atoms with Crippen molar-refractivity contribution in [1.82, 2.24) is 4.90 Å². The maximum Gasteiger partial charge on any atom is 0.312 e. The summed E-state index contributed by atoms with van der Waals surface area (Å²) >= 11 is 0. The Balaban J connectivity index is 0.00000121. The quantitative estimate of drug-likeness (QED) is 0.446. The van der Waals surface area contributed by atoms with Crippen molar-refractivity contribution in [2.24, 2.45) is 0 Å². The molecule has 0 aliphatic heterocycles. The first-order valence-corrected chi connectivity index (χ1v) is 3.49. The van der Waals surface area contributed by atoms with Crippen molar-refractivity contribution in [3.8, 4) is 0 Å². The smallest absolute Gasteiger partial charge is 0.312 e. The Morgan fingerprint density at radius 2 is 2.08 bits per heavy atom. The molecule has 0 spiro atoms. The number of halogens is 1. The second-order valence-electron chi connectivity index (χ2n) is 2.68. The Bertz CT molecular complexity index is 249. The minimum atomic E-state index is 0. The zero-order chi connectivity index (χ0) is 8.27. The van der Waals surface area contributed by atoms with Gasteiger partial charge < -0.3 is 5.53 Å². The van der Waals surface area contributed by atoms with Gasteiger partial charge in [0.1, 0.15) is 6.04 Å². The molecule has 1 aliphatic carbocycles. The molecule has 0 saturated heterocycles. The number of nitrogens with zero attached hydrogens (tertiary/aromatic N) is 3. The van der Waals surface area contributed by atoms with Gasteiger partial charge in [-0.15, -0.1) is 12.4 Å². The first-order chi connectivity index (χ1) is 5.25. The lowest BCUT2D eigenvalue weighted by atomic mass is 10.1. The molecule has 0 aromatic carbocycles. The van der Waals surface area contributed by atoms with Crippen LogP contribution in [0.4, 0.5) is 0 Å². The van der Waals surface area contributed by atoms with Gasteiger partial charge in [-0.2, -0.15) is 4.79 Å². The van der Waals surface area contributed by atoms with Crippen LogP contribution in [0.2, 0.25) is 0 Å². The average molecular weight is 186 g/mol. The minimum Gasteiger partial charge on any atom is -0.361 e. The summed E-state index contributed by atoms with van der Waals surface area (Å²) in [6.07, 6.45) is 7.58. The maximum absolute atomic E-state index is 8.59. The molecule has 0 saturated carbocycles. The third kappa shape index (κ3) is 2.31. The topological polar surface area (TPSA) is 39.6 Å². The Morgan fingerprint density at radius 1 is 1.42 bits per heavy atom. The van der Waals surface area contributed by atoms with Crippen LogP contribution in [0.1, 0.15) is 0 Å². The molecular formula is C8H12ClN3. The van der Waals surface area contributed by atoms with Crippen molar-refractivity contribution in [3.63, 3.8) is 0 Å². The Labute approximate surface area is 78.4 Å². The van der Waals surface area contributed by atoms with Crippen LogP contribution in [0, 0.1) is 0 Å². The van der Waals surface area contributed by atoms with Gasteiger partial charge in [-0.05, 0) is 14.1 Å². The van der Waals surface area contributed by atoms with Crippen LogP contribution in [0.3, 0.4) is 0 Å². The molecule has 12 heavy (non-hydrogen) atoms. The van der Waals surface area contributed by atoms with Crippen LogP contribution < -0.4 is 0 Å². The van der Waals surface area contributed by atoms with E-state index in [1.807, 2.05) is 37.2 Å². The van der Waals surface area contributed by atoms with Crippen LogP contribution in [0.5, 0.6) is 0 Å². The molecule has 0 aromatic heterocycles. The van der Waals surface area contributed by atoms with E-state index in [0.29, 0.717) is 5.71 Å². The van der Waals surface area contributed by atoms with E-state index in [0.717, 1.165) is 0 Å². The van der Waals surface area contributed by atoms with E-state index in [4.69, 9.17) is 5.53 Å². The molecule has 4 heteroatoms. The van der Waals surface area contributed by atoms with Crippen molar-refractivity contribution in [3.05, 3.63) is 29.8 Å². The summed E-state index contributed by atoms with van der Waals surface area (Å²) in [7, 11) is 3.89. The molecule has 1 rings (SSSR count). The van der Waals surface area contributed by atoms with E-state index in [1.165, 1.54) is 0 Å². The highest BCUT2D eigenvalue weighted by Crippen LogP contribution is 2.03. The molecule has 0 aromatic rings. The molecular weight excluding hydrogens is 174 g/mol. The third-order valence-corrected chi connectivity index (χ3v) is 1.65. The number of hydrogen-bond acceptors (Lipinski definition) is 1. The van der Waals surface area contributed by atoms with Gasteiger partial charge in [0.15, 0.2) is 0 Å². The summed E-state index contributed by atoms with van der Waals surface area (Å²) in [5.41, 5.74) is 9.26. The predicted molar refractivity (Wildman–Crippen MR) is 51.6 cm³/mol. The van der Waals surface area contributed by atoms with Crippen LogP contribution >= 0.6 is 12.4 Å². The van der Waals surface area contributed by atoms with Crippen molar-refractivity contribution in [2.75, 3.05) is 14.1 Å².